The number of anilines is 1. The number of fused-ring (bicyclic) bond motifs is 1. The van der Waals surface area contributed by atoms with E-state index in [0.717, 1.165) is 0 Å². The number of pyridine rings is 1. The molecule has 0 atom stereocenters. The smallest absolute Gasteiger partial charge is 0.238 e. The number of amides is 2. The molecule has 0 fully saturated rings. The van der Waals surface area contributed by atoms with Gasteiger partial charge in [0.25, 0.3) is 0 Å². The summed E-state index contributed by atoms with van der Waals surface area (Å²) in [6, 6.07) is 5.25. The molecule has 9 heteroatoms. The minimum Gasteiger partial charge on any atom is -0.482 e. The topological polar surface area (TPSA) is 107 Å². The van der Waals surface area contributed by atoms with Crippen LogP contribution in [0.1, 0.15) is 12.8 Å². The third-order valence-electron chi connectivity index (χ3n) is 3.06. The summed E-state index contributed by atoms with van der Waals surface area (Å²) in [6.45, 7) is 0.854. The van der Waals surface area contributed by atoms with Gasteiger partial charge in [-0.25, -0.2) is 4.40 Å². The highest BCUT2D eigenvalue weighted by Gasteiger charge is 2.13. The normalized spacial score (nSPS) is 10.5. The van der Waals surface area contributed by atoms with Crippen molar-refractivity contribution in [1.82, 2.24) is 19.9 Å². The summed E-state index contributed by atoms with van der Waals surface area (Å²) in [4.78, 5) is 23.5. The monoisotopic (exact) mass is 321 g/mol. The second kappa shape index (κ2) is 8.08. The van der Waals surface area contributed by atoms with Gasteiger partial charge in [0.2, 0.25) is 23.6 Å². The Morgan fingerprint density at radius 1 is 1.17 bits per heavy atom. The van der Waals surface area contributed by atoms with Gasteiger partial charge in [0, 0.05) is 26.5 Å². The lowest BCUT2D eigenvalue weighted by atomic mass is 10.3. The SMILES string of the molecule is COCCNC(=O)CCC(=O)Nc1nnc2cccc(OC)n12. The Labute approximate surface area is 133 Å². The maximum atomic E-state index is 12.0. The summed E-state index contributed by atoms with van der Waals surface area (Å²) < 4.78 is 11.6. The minimum absolute atomic E-state index is 0.0445. The number of nitrogens with one attached hydrogen (secondary N) is 2. The molecule has 0 aliphatic carbocycles. The predicted octanol–water partition coefficient (Wildman–Crippen LogP) is 0.219. The molecule has 0 bridgehead atoms. The van der Waals surface area contributed by atoms with Crippen LogP contribution < -0.4 is 15.4 Å². The molecule has 124 valence electrons. The number of carbonyl (C=O) groups excluding carboxylic acids is 2. The van der Waals surface area contributed by atoms with Crippen LogP contribution >= 0.6 is 0 Å². The van der Waals surface area contributed by atoms with Crippen LogP contribution in [0.2, 0.25) is 0 Å². The molecular formula is C14H19N5O4. The zero-order chi connectivity index (χ0) is 16.7. The average molecular weight is 321 g/mol. The van der Waals surface area contributed by atoms with Gasteiger partial charge in [-0.3, -0.25) is 14.9 Å². The first kappa shape index (κ1) is 16.7. The molecule has 2 aromatic heterocycles. The van der Waals surface area contributed by atoms with Crippen LogP contribution in [0.15, 0.2) is 18.2 Å². The standard InChI is InChI=1S/C14H19N5O4/c1-22-9-8-15-11(20)6-7-12(21)16-14-18-17-10-4-3-5-13(23-2)19(10)14/h3-5H,6-9H2,1-2H3,(H,15,20)(H,16,18,21). The summed E-state index contributed by atoms with van der Waals surface area (Å²) in [5.74, 6) is 0.218. The van der Waals surface area contributed by atoms with Crippen LogP contribution in [0.3, 0.4) is 0 Å². The summed E-state index contributed by atoms with van der Waals surface area (Å²) in [5.41, 5.74) is 0.553. The van der Waals surface area contributed by atoms with Crippen molar-refractivity contribution in [2.75, 3.05) is 32.7 Å². The molecule has 2 amide bonds. The molecule has 0 unspecified atom stereocenters. The van der Waals surface area contributed by atoms with Crippen LogP contribution in [-0.4, -0.2) is 53.8 Å². The van der Waals surface area contributed by atoms with Crippen molar-refractivity contribution in [3.05, 3.63) is 18.2 Å². The number of carbonyl (C=O) groups is 2. The van der Waals surface area contributed by atoms with Gasteiger partial charge in [0.15, 0.2) is 5.65 Å². The number of methoxy groups -OCH3 is 2. The van der Waals surface area contributed by atoms with Crippen LogP contribution in [-0.2, 0) is 14.3 Å². The van der Waals surface area contributed by atoms with Gasteiger partial charge in [-0.05, 0) is 12.1 Å². The Balaban J connectivity index is 1.92. The van der Waals surface area contributed by atoms with Crippen molar-refractivity contribution in [2.45, 2.75) is 12.8 Å². The van der Waals surface area contributed by atoms with Crippen molar-refractivity contribution in [3.63, 3.8) is 0 Å². The zero-order valence-corrected chi connectivity index (χ0v) is 13.0. The fraction of sp³-hybridized carbons (Fsp3) is 0.429. The molecule has 0 aliphatic rings. The lowest BCUT2D eigenvalue weighted by Gasteiger charge is -2.07. The number of nitrogens with zero attached hydrogens (tertiary/aromatic N) is 3. The van der Waals surface area contributed by atoms with Crippen molar-refractivity contribution in [3.8, 4) is 5.88 Å². The third-order valence-corrected chi connectivity index (χ3v) is 3.06. The predicted molar refractivity (Wildman–Crippen MR) is 82.3 cm³/mol. The van der Waals surface area contributed by atoms with Gasteiger partial charge < -0.3 is 14.8 Å². The summed E-state index contributed by atoms with van der Waals surface area (Å²) >= 11 is 0. The maximum Gasteiger partial charge on any atom is 0.238 e. The van der Waals surface area contributed by atoms with E-state index < -0.39 is 0 Å². The Morgan fingerprint density at radius 2 is 1.96 bits per heavy atom. The van der Waals surface area contributed by atoms with Crippen molar-refractivity contribution >= 4 is 23.4 Å². The van der Waals surface area contributed by atoms with Gasteiger partial charge >= 0.3 is 0 Å². The van der Waals surface area contributed by atoms with Gasteiger partial charge in [0.05, 0.1) is 13.7 Å². The quantitative estimate of drug-likeness (QED) is 0.674. The van der Waals surface area contributed by atoms with Crippen molar-refractivity contribution < 1.29 is 19.1 Å². The molecular weight excluding hydrogens is 302 g/mol. The van der Waals surface area contributed by atoms with Crippen LogP contribution in [0.5, 0.6) is 5.88 Å². The van der Waals surface area contributed by atoms with Gasteiger partial charge in [-0.15, -0.1) is 10.2 Å². The number of hydrogen-bond acceptors (Lipinski definition) is 6. The van der Waals surface area contributed by atoms with Crippen molar-refractivity contribution in [1.29, 1.82) is 0 Å². The van der Waals surface area contributed by atoms with Crippen molar-refractivity contribution in [2.24, 2.45) is 0 Å². The van der Waals surface area contributed by atoms with E-state index in [9.17, 15) is 9.59 Å². The first-order chi connectivity index (χ1) is 11.2. The third kappa shape index (κ3) is 4.39. The summed E-state index contributed by atoms with van der Waals surface area (Å²) in [6.07, 6.45) is 0.131. The molecule has 9 nitrogen and oxygen atoms in total. The Bertz CT molecular complexity index is 685. The number of rotatable bonds is 8. The highest BCUT2D eigenvalue weighted by atomic mass is 16.5. The van der Waals surface area contributed by atoms with Crippen LogP contribution in [0.4, 0.5) is 5.95 Å². The van der Waals surface area contributed by atoms with E-state index in [2.05, 4.69) is 20.8 Å². The Hall–Kier alpha value is -2.68. The average Bonchev–Trinajstić information content (AvgIpc) is 2.96. The first-order valence-corrected chi connectivity index (χ1v) is 7.09. The number of aromatic nitrogens is 3. The number of ether oxygens (including phenoxy) is 2. The minimum atomic E-state index is -0.327. The van der Waals surface area contributed by atoms with Gasteiger partial charge in [-0.1, -0.05) is 6.07 Å². The molecule has 0 aromatic carbocycles. The molecule has 0 aliphatic heterocycles. The maximum absolute atomic E-state index is 12.0. The van der Waals surface area contributed by atoms with Crippen LogP contribution in [0, 0.1) is 0 Å². The van der Waals surface area contributed by atoms with E-state index in [1.807, 2.05) is 0 Å². The molecule has 23 heavy (non-hydrogen) atoms. The van der Waals surface area contributed by atoms with E-state index in [1.54, 1.807) is 29.7 Å². The largest absolute Gasteiger partial charge is 0.482 e. The molecule has 0 radical (unpaired) electrons. The van der Waals surface area contributed by atoms with Gasteiger partial charge in [-0.2, -0.15) is 0 Å². The second-order valence-corrected chi connectivity index (χ2v) is 4.68. The zero-order valence-electron chi connectivity index (χ0n) is 13.0. The van der Waals surface area contributed by atoms with E-state index in [4.69, 9.17) is 9.47 Å². The molecule has 2 aromatic rings. The van der Waals surface area contributed by atoms with E-state index >= 15 is 0 Å². The number of hydrogen-bond donors (Lipinski definition) is 2. The Kier molecular flexibility index (Phi) is 5.87. The van der Waals surface area contributed by atoms with Crippen LogP contribution in [0.25, 0.3) is 5.65 Å². The van der Waals surface area contributed by atoms with E-state index in [0.29, 0.717) is 24.7 Å². The molecule has 2 N–H and O–H groups in total. The fourth-order valence-corrected chi connectivity index (χ4v) is 1.95. The highest BCUT2D eigenvalue weighted by Crippen LogP contribution is 2.18. The lowest BCUT2D eigenvalue weighted by Crippen LogP contribution is -2.28. The first-order valence-electron chi connectivity index (χ1n) is 7.09. The summed E-state index contributed by atoms with van der Waals surface area (Å²) in [5, 5.41) is 13.1. The Morgan fingerprint density at radius 3 is 2.70 bits per heavy atom. The lowest BCUT2D eigenvalue weighted by molar-refractivity contribution is -0.124. The van der Waals surface area contributed by atoms with Gasteiger partial charge in [0.1, 0.15) is 0 Å². The molecule has 0 saturated heterocycles. The molecule has 0 spiro atoms. The van der Waals surface area contributed by atoms with E-state index in [-0.39, 0.29) is 30.6 Å². The molecule has 0 saturated carbocycles. The fourth-order valence-electron chi connectivity index (χ4n) is 1.95. The molecule has 2 heterocycles. The molecule has 2 rings (SSSR count). The summed E-state index contributed by atoms with van der Waals surface area (Å²) in [7, 11) is 3.07. The van der Waals surface area contributed by atoms with E-state index in [1.165, 1.54) is 7.11 Å². The highest BCUT2D eigenvalue weighted by molar-refractivity contribution is 5.92. The second-order valence-electron chi connectivity index (χ2n) is 4.68.